The fourth-order valence-electron chi connectivity index (χ4n) is 2.15. The molecule has 0 bridgehead atoms. The quantitative estimate of drug-likeness (QED) is 0.829. The highest BCUT2D eigenvalue weighted by atomic mass is 32.1. The van der Waals surface area contributed by atoms with Gasteiger partial charge in [0.1, 0.15) is 5.01 Å². The minimum atomic E-state index is -0.179. The van der Waals surface area contributed by atoms with Crippen molar-refractivity contribution < 1.29 is 5.11 Å². The van der Waals surface area contributed by atoms with Crippen LogP contribution in [-0.2, 0) is 0 Å². The molecule has 4 heteroatoms. The van der Waals surface area contributed by atoms with E-state index < -0.39 is 0 Å². The summed E-state index contributed by atoms with van der Waals surface area (Å²) in [5, 5.41) is 16.4. The summed E-state index contributed by atoms with van der Waals surface area (Å²) in [7, 11) is 0. The molecule has 2 rings (SSSR count). The Morgan fingerprint density at radius 1 is 1.53 bits per heavy atom. The van der Waals surface area contributed by atoms with Gasteiger partial charge in [0.05, 0.1) is 12.1 Å². The smallest absolute Gasteiger partial charge is 0.109 e. The molecule has 2 N–H and O–H groups in total. The molecular formula is C11H18N2OS. The molecule has 1 aromatic rings. The Labute approximate surface area is 94.5 Å². The van der Waals surface area contributed by atoms with Crippen molar-refractivity contribution in [3.8, 4) is 0 Å². The summed E-state index contributed by atoms with van der Waals surface area (Å²) >= 11 is 1.67. The molecule has 3 nitrogen and oxygen atoms in total. The van der Waals surface area contributed by atoms with Crippen molar-refractivity contribution in [1.29, 1.82) is 0 Å². The van der Waals surface area contributed by atoms with Crippen molar-refractivity contribution in [2.24, 2.45) is 0 Å². The van der Waals surface area contributed by atoms with Crippen LogP contribution in [0.4, 0.5) is 0 Å². The molecule has 1 saturated carbocycles. The largest absolute Gasteiger partial charge is 0.392 e. The van der Waals surface area contributed by atoms with Crippen LogP contribution in [0.1, 0.15) is 43.7 Å². The third kappa shape index (κ3) is 2.77. The molecule has 1 heterocycles. The number of aromatic nitrogens is 1. The second-order valence-electron chi connectivity index (χ2n) is 4.22. The van der Waals surface area contributed by atoms with E-state index in [2.05, 4.69) is 17.2 Å². The van der Waals surface area contributed by atoms with Gasteiger partial charge in [0, 0.05) is 17.6 Å². The van der Waals surface area contributed by atoms with E-state index >= 15 is 0 Å². The van der Waals surface area contributed by atoms with Crippen molar-refractivity contribution >= 4 is 11.3 Å². The van der Waals surface area contributed by atoms with Crippen molar-refractivity contribution in [3.05, 3.63) is 16.6 Å². The normalized spacial score (nSPS) is 28.9. The SMILES string of the molecule is C[C@H](N[C@H]1CCCC[C@@H]1O)c1nccs1. The number of nitrogens with one attached hydrogen (secondary N) is 1. The molecule has 0 spiro atoms. The van der Waals surface area contributed by atoms with E-state index in [0.717, 1.165) is 24.3 Å². The number of nitrogens with zero attached hydrogens (tertiary/aromatic N) is 1. The van der Waals surface area contributed by atoms with Crippen LogP contribution < -0.4 is 5.32 Å². The molecule has 3 atom stereocenters. The number of aliphatic hydroxyl groups is 1. The van der Waals surface area contributed by atoms with Gasteiger partial charge in [-0.1, -0.05) is 12.8 Å². The highest BCUT2D eigenvalue weighted by Gasteiger charge is 2.24. The molecule has 0 unspecified atom stereocenters. The van der Waals surface area contributed by atoms with Crippen LogP contribution in [0.2, 0.25) is 0 Å². The van der Waals surface area contributed by atoms with Gasteiger partial charge in [-0.2, -0.15) is 0 Å². The Bertz CT molecular complexity index is 289. The van der Waals surface area contributed by atoms with Crippen molar-refractivity contribution in [2.45, 2.75) is 50.8 Å². The predicted octanol–water partition coefficient (Wildman–Crippen LogP) is 2.10. The van der Waals surface area contributed by atoms with Crippen LogP contribution in [-0.4, -0.2) is 22.2 Å². The lowest BCUT2D eigenvalue weighted by molar-refractivity contribution is 0.0859. The van der Waals surface area contributed by atoms with E-state index in [9.17, 15) is 5.11 Å². The maximum Gasteiger partial charge on any atom is 0.109 e. The average molecular weight is 226 g/mol. The number of hydrogen-bond acceptors (Lipinski definition) is 4. The fraction of sp³-hybridized carbons (Fsp3) is 0.727. The highest BCUT2D eigenvalue weighted by Crippen LogP contribution is 2.22. The molecule has 0 radical (unpaired) electrons. The molecule has 1 aromatic heterocycles. The zero-order valence-corrected chi connectivity index (χ0v) is 9.83. The minimum absolute atomic E-state index is 0.179. The summed E-state index contributed by atoms with van der Waals surface area (Å²) in [5.74, 6) is 0. The van der Waals surface area contributed by atoms with Gasteiger partial charge in [-0.15, -0.1) is 11.3 Å². The van der Waals surface area contributed by atoms with Crippen LogP contribution in [0.25, 0.3) is 0 Å². The summed E-state index contributed by atoms with van der Waals surface area (Å²) in [6, 6.07) is 0.500. The second kappa shape index (κ2) is 5.05. The van der Waals surface area contributed by atoms with Gasteiger partial charge in [0.25, 0.3) is 0 Å². The summed E-state index contributed by atoms with van der Waals surface area (Å²) in [6.07, 6.45) is 6.04. The van der Waals surface area contributed by atoms with Crippen LogP contribution in [0.5, 0.6) is 0 Å². The first kappa shape index (κ1) is 11.0. The summed E-state index contributed by atoms with van der Waals surface area (Å²) in [4.78, 5) is 4.28. The highest BCUT2D eigenvalue weighted by molar-refractivity contribution is 7.09. The molecule has 84 valence electrons. The van der Waals surface area contributed by atoms with Crippen LogP contribution in [0.15, 0.2) is 11.6 Å². The van der Waals surface area contributed by atoms with E-state index in [4.69, 9.17) is 0 Å². The van der Waals surface area contributed by atoms with Crippen LogP contribution in [0.3, 0.4) is 0 Å². The Hall–Kier alpha value is -0.450. The van der Waals surface area contributed by atoms with Gasteiger partial charge in [-0.05, 0) is 19.8 Å². The summed E-state index contributed by atoms with van der Waals surface area (Å²) in [5.41, 5.74) is 0. The second-order valence-corrected chi connectivity index (χ2v) is 5.14. The first-order chi connectivity index (χ1) is 7.27. The Morgan fingerprint density at radius 2 is 2.33 bits per heavy atom. The Kier molecular flexibility index (Phi) is 3.72. The summed E-state index contributed by atoms with van der Waals surface area (Å²) in [6.45, 7) is 2.11. The fourth-order valence-corrected chi connectivity index (χ4v) is 2.80. The third-order valence-electron chi connectivity index (χ3n) is 3.02. The topological polar surface area (TPSA) is 45.1 Å². The molecule has 0 amide bonds. The van der Waals surface area contributed by atoms with Gasteiger partial charge < -0.3 is 10.4 Å². The van der Waals surface area contributed by atoms with E-state index in [0.29, 0.717) is 0 Å². The standard InChI is InChI=1S/C11H18N2OS/c1-8(11-12-6-7-15-11)13-9-4-2-3-5-10(9)14/h6-10,13-14H,2-5H2,1H3/t8-,9-,10-/m0/s1. The first-order valence-electron chi connectivity index (χ1n) is 5.61. The molecule has 0 aliphatic heterocycles. The number of hydrogen-bond donors (Lipinski definition) is 2. The maximum absolute atomic E-state index is 9.84. The third-order valence-corrected chi connectivity index (χ3v) is 3.97. The van der Waals surface area contributed by atoms with Gasteiger partial charge in [-0.25, -0.2) is 4.98 Å². The van der Waals surface area contributed by atoms with E-state index in [1.165, 1.54) is 6.42 Å². The van der Waals surface area contributed by atoms with Crippen LogP contribution >= 0.6 is 11.3 Å². The first-order valence-corrected chi connectivity index (χ1v) is 6.49. The predicted molar refractivity (Wildman–Crippen MR) is 61.9 cm³/mol. The molecule has 1 aliphatic carbocycles. The molecule has 0 saturated heterocycles. The van der Waals surface area contributed by atoms with Gasteiger partial charge in [0.2, 0.25) is 0 Å². The van der Waals surface area contributed by atoms with Gasteiger partial charge in [-0.3, -0.25) is 0 Å². The van der Waals surface area contributed by atoms with Crippen molar-refractivity contribution in [2.75, 3.05) is 0 Å². The van der Waals surface area contributed by atoms with E-state index in [-0.39, 0.29) is 18.2 Å². The van der Waals surface area contributed by atoms with Gasteiger partial charge in [0.15, 0.2) is 0 Å². The zero-order chi connectivity index (χ0) is 10.7. The minimum Gasteiger partial charge on any atom is -0.392 e. The molecule has 15 heavy (non-hydrogen) atoms. The summed E-state index contributed by atoms with van der Waals surface area (Å²) < 4.78 is 0. The zero-order valence-electron chi connectivity index (χ0n) is 9.02. The Morgan fingerprint density at radius 3 is 3.00 bits per heavy atom. The van der Waals surface area contributed by atoms with Gasteiger partial charge >= 0.3 is 0 Å². The molecular weight excluding hydrogens is 208 g/mol. The number of rotatable bonds is 3. The average Bonchev–Trinajstić information content (AvgIpc) is 2.74. The van der Waals surface area contributed by atoms with Crippen molar-refractivity contribution in [3.63, 3.8) is 0 Å². The number of thiazole rings is 1. The monoisotopic (exact) mass is 226 g/mol. The lowest BCUT2D eigenvalue weighted by Crippen LogP contribution is -2.43. The molecule has 1 aliphatic rings. The number of aliphatic hydroxyl groups excluding tert-OH is 1. The maximum atomic E-state index is 9.84. The van der Waals surface area contributed by atoms with Crippen molar-refractivity contribution in [1.82, 2.24) is 10.3 Å². The van der Waals surface area contributed by atoms with E-state index in [1.54, 1.807) is 11.3 Å². The lowest BCUT2D eigenvalue weighted by Gasteiger charge is -2.30. The lowest BCUT2D eigenvalue weighted by atomic mass is 9.92. The van der Waals surface area contributed by atoms with Crippen LogP contribution in [0, 0.1) is 0 Å². The molecule has 1 fully saturated rings. The molecule has 0 aromatic carbocycles. The Balaban J connectivity index is 1.90. The van der Waals surface area contributed by atoms with E-state index in [1.807, 2.05) is 11.6 Å².